The van der Waals surface area contributed by atoms with Crippen molar-refractivity contribution in [3.63, 3.8) is 0 Å². The molecule has 4 nitrogen and oxygen atoms in total. The summed E-state index contributed by atoms with van der Waals surface area (Å²) < 4.78 is 12.0. The third-order valence-electron chi connectivity index (χ3n) is 2.38. The van der Waals surface area contributed by atoms with Crippen LogP contribution < -0.4 is 0 Å². The van der Waals surface area contributed by atoms with Gasteiger partial charge in [0.1, 0.15) is 0 Å². The molecule has 1 aromatic carbocycles. The van der Waals surface area contributed by atoms with Crippen molar-refractivity contribution in [3.8, 4) is 0 Å². The lowest BCUT2D eigenvalue weighted by Gasteiger charge is -2.02. The van der Waals surface area contributed by atoms with Crippen molar-refractivity contribution in [2.24, 2.45) is 0 Å². The molecule has 0 aliphatic carbocycles. The maximum absolute atomic E-state index is 12.0. The molecule has 0 amide bonds. The van der Waals surface area contributed by atoms with Crippen molar-refractivity contribution in [2.45, 2.75) is 10.6 Å². The van der Waals surface area contributed by atoms with Crippen LogP contribution in [0.15, 0.2) is 53.7 Å². The summed E-state index contributed by atoms with van der Waals surface area (Å²) in [6, 6.07) is 9.72. The Hall–Kier alpha value is -2.01. The molecule has 0 radical (unpaired) electrons. The Morgan fingerprint density at radius 1 is 1.22 bits per heavy atom. The van der Waals surface area contributed by atoms with E-state index in [1.807, 2.05) is 6.07 Å². The van der Waals surface area contributed by atoms with Gasteiger partial charge in [0, 0.05) is 17.3 Å². The van der Waals surface area contributed by atoms with Crippen molar-refractivity contribution in [1.82, 2.24) is 4.98 Å². The van der Waals surface area contributed by atoms with Crippen LogP contribution in [0.2, 0.25) is 0 Å². The highest BCUT2D eigenvalue weighted by Gasteiger charge is 2.07. The highest BCUT2D eigenvalue weighted by Crippen LogP contribution is 2.13. The average Bonchev–Trinajstić information content (AvgIpc) is 2.40. The molecule has 0 saturated heterocycles. The number of pyridine rings is 1. The molecule has 18 heavy (non-hydrogen) atoms. The Balaban J connectivity index is 2.12. The molecule has 1 N–H and O–H groups in total. The molecule has 1 aromatic heterocycles. The monoisotopic (exact) mass is 261 g/mol. The number of carboxylic acid groups (broad SMARTS) is 1. The molecule has 5 heteroatoms. The van der Waals surface area contributed by atoms with Crippen LogP contribution in [0.3, 0.4) is 0 Å². The van der Waals surface area contributed by atoms with Gasteiger partial charge in [-0.1, -0.05) is 6.07 Å². The Morgan fingerprint density at radius 2 is 1.94 bits per heavy atom. The number of carbonyl (C=O) groups is 1. The van der Waals surface area contributed by atoms with Crippen LogP contribution in [0.5, 0.6) is 0 Å². The second kappa shape index (κ2) is 5.55. The fourth-order valence-electron chi connectivity index (χ4n) is 1.47. The quantitative estimate of drug-likeness (QED) is 0.915. The van der Waals surface area contributed by atoms with Crippen molar-refractivity contribution >= 4 is 16.8 Å². The Labute approximate surface area is 107 Å². The van der Waals surface area contributed by atoms with Gasteiger partial charge >= 0.3 is 5.97 Å². The minimum absolute atomic E-state index is 0.192. The summed E-state index contributed by atoms with van der Waals surface area (Å²) in [5, 5.41) is 8.77. The zero-order valence-corrected chi connectivity index (χ0v) is 10.3. The highest BCUT2D eigenvalue weighted by molar-refractivity contribution is 7.84. The first-order chi connectivity index (χ1) is 8.66. The third kappa shape index (κ3) is 3.01. The molecule has 0 aliphatic rings. The topological polar surface area (TPSA) is 67.3 Å². The van der Waals surface area contributed by atoms with Gasteiger partial charge in [0.2, 0.25) is 0 Å². The fourth-order valence-corrected chi connectivity index (χ4v) is 2.55. The van der Waals surface area contributed by atoms with E-state index < -0.39 is 16.8 Å². The summed E-state index contributed by atoms with van der Waals surface area (Å²) >= 11 is 0. The summed E-state index contributed by atoms with van der Waals surface area (Å²) in [4.78, 5) is 15.3. The number of nitrogens with zero attached hydrogens (tertiary/aromatic N) is 1. The van der Waals surface area contributed by atoms with Crippen molar-refractivity contribution in [1.29, 1.82) is 0 Å². The largest absolute Gasteiger partial charge is 0.478 e. The fraction of sp³-hybridized carbons (Fsp3) is 0.0769. The highest BCUT2D eigenvalue weighted by atomic mass is 32.2. The van der Waals surface area contributed by atoms with Crippen molar-refractivity contribution in [3.05, 3.63) is 59.9 Å². The van der Waals surface area contributed by atoms with E-state index in [-0.39, 0.29) is 5.56 Å². The molecule has 0 aliphatic heterocycles. The lowest BCUT2D eigenvalue weighted by Crippen LogP contribution is -1.99. The minimum atomic E-state index is -1.19. The lowest BCUT2D eigenvalue weighted by molar-refractivity contribution is 0.0697. The average molecular weight is 261 g/mol. The van der Waals surface area contributed by atoms with E-state index in [0.717, 1.165) is 5.56 Å². The van der Waals surface area contributed by atoms with Crippen LogP contribution in [0, 0.1) is 0 Å². The maximum atomic E-state index is 12.0. The summed E-state index contributed by atoms with van der Waals surface area (Å²) in [6.07, 6.45) is 3.33. The number of hydrogen-bond acceptors (Lipinski definition) is 3. The van der Waals surface area contributed by atoms with Gasteiger partial charge in [-0.3, -0.25) is 9.19 Å². The van der Waals surface area contributed by atoms with Gasteiger partial charge in [0.05, 0.1) is 22.1 Å². The molecular weight excluding hydrogens is 250 g/mol. The molecule has 2 aromatic rings. The van der Waals surface area contributed by atoms with E-state index in [4.69, 9.17) is 5.11 Å². The van der Waals surface area contributed by atoms with Crippen LogP contribution in [0.1, 0.15) is 15.9 Å². The Bertz CT molecular complexity index is 567. The van der Waals surface area contributed by atoms with Crippen LogP contribution in [0.4, 0.5) is 0 Å². The second-order valence-corrected chi connectivity index (χ2v) is 5.13. The molecule has 0 bridgehead atoms. The molecule has 1 unspecified atom stereocenters. The maximum Gasteiger partial charge on any atom is 0.335 e. The van der Waals surface area contributed by atoms with Gasteiger partial charge in [0.25, 0.3) is 0 Å². The van der Waals surface area contributed by atoms with Gasteiger partial charge in [-0.15, -0.1) is 0 Å². The van der Waals surface area contributed by atoms with E-state index in [9.17, 15) is 9.00 Å². The van der Waals surface area contributed by atoms with Gasteiger partial charge in [-0.25, -0.2) is 4.79 Å². The summed E-state index contributed by atoms with van der Waals surface area (Å²) in [5.41, 5.74) is 1.08. The van der Waals surface area contributed by atoms with Crippen LogP contribution in [-0.2, 0) is 16.6 Å². The first-order valence-electron chi connectivity index (χ1n) is 5.27. The minimum Gasteiger partial charge on any atom is -0.478 e. The molecule has 2 rings (SSSR count). The summed E-state index contributed by atoms with van der Waals surface area (Å²) in [7, 11) is -1.19. The predicted molar refractivity (Wildman–Crippen MR) is 67.8 cm³/mol. The van der Waals surface area contributed by atoms with E-state index in [1.54, 1.807) is 30.6 Å². The standard InChI is InChI=1S/C13H11NO3S/c15-13(16)11-3-5-12(6-4-11)18(17)9-10-2-1-7-14-8-10/h1-8H,9H2,(H,15,16). The van der Waals surface area contributed by atoms with E-state index in [0.29, 0.717) is 10.6 Å². The first kappa shape index (κ1) is 12.4. The first-order valence-corrected chi connectivity index (χ1v) is 6.59. The number of hydrogen-bond donors (Lipinski definition) is 1. The number of carboxylic acids is 1. The van der Waals surface area contributed by atoms with E-state index >= 15 is 0 Å². The van der Waals surface area contributed by atoms with E-state index in [1.165, 1.54) is 12.1 Å². The van der Waals surface area contributed by atoms with Gasteiger partial charge < -0.3 is 5.11 Å². The normalized spacial score (nSPS) is 12.0. The third-order valence-corrected chi connectivity index (χ3v) is 3.78. The van der Waals surface area contributed by atoms with Gasteiger partial charge in [0.15, 0.2) is 0 Å². The van der Waals surface area contributed by atoms with Crippen LogP contribution in [-0.4, -0.2) is 20.3 Å². The van der Waals surface area contributed by atoms with Crippen molar-refractivity contribution < 1.29 is 14.1 Å². The Kier molecular flexibility index (Phi) is 3.84. The molecule has 0 spiro atoms. The second-order valence-electron chi connectivity index (χ2n) is 3.68. The molecule has 92 valence electrons. The molecule has 0 saturated carbocycles. The zero-order chi connectivity index (χ0) is 13.0. The van der Waals surface area contributed by atoms with Gasteiger partial charge in [-0.05, 0) is 35.9 Å². The Morgan fingerprint density at radius 3 is 2.50 bits per heavy atom. The van der Waals surface area contributed by atoms with Crippen LogP contribution >= 0.6 is 0 Å². The number of aromatic nitrogens is 1. The number of benzene rings is 1. The molecule has 0 fully saturated rings. The van der Waals surface area contributed by atoms with Gasteiger partial charge in [-0.2, -0.15) is 0 Å². The molecule has 1 atom stereocenters. The summed E-state index contributed by atoms with van der Waals surface area (Å²) in [5.74, 6) is -0.611. The zero-order valence-electron chi connectivity index (χ0n) is 9.45. The van der Waals surface area contributed by atoms with Crippen LogP contribution in [0.25, 0.3) is 0 Å². The number of aromatic carboxylic acids is 1. The lowest BCUT2D eigenvalue weighted by atomic mass is 10.2. The molecule has 1 heterocycles. The van der Waals surface area contributed by atoms with Crippen molar-refractivity contribution in [2.75, 3.05) is 0 Å². The predicted octanol–water partition coefficient (Wildman–Crippen LogP) is 2.09. The molecular formula is C13H11NO3S. The van der Waals surface area contributed by atoms with E-state index in [2.05, 4.69) is 4.98 Å². The number of rotatable bonds is 4. The summed E-state index contributed by atoms with van der Waals surface area (Å²) in [6.45, 7) is 0. The SMILES string of the molecule is O=C(O)c1ccc(S(=O)Cc2cccnc2)cc1. The smallest absolute Gasteiger partial charge is 0.335 e.